The molecule has 0 aromatic carbocycles. The van der Waals surface area contributed by atoms with Crippen molar-refractivity contribution in [3.63, 3.8) is 0 Å². The van der Waals surface area contributed by atoms with Gasteiger partial charge in [-0.2, -0.15) is 0 Å². The largest absolute Gasteiger partial charge is 0.462 e. The minimum Gasteiger partial charge on any atom is -0.462 e. The Labute approximate surface area is 340 Å². The van der Waals surface area contributed by atoms with E-state index in [4.69, 9.17) is 15.2 Å². The molecule has 0 rings (SSSR count). The number of hydrogen-bond donors (Lipinski definition) is 6. The van der Waals surface area contributed by atoms with Crippen LogP contribution >= 0.6 is 0 Å². The van der Waals surface area contributed by atoms with E-state index >= 15 is 0 Å². The van der Waals surface area contributed by atoms with Gasteiger partial charge in [0.15, 0.2) is 0 Å². The maximum Gasteiger partial charge on any atom is 0.306 e. The van der Waals surface area contributed by atoms with E-state index in [1.54, 1.807) is 0 Å². The summed E-state index contributed by atoms with van der Waals surface area (Å²) in [5.41, 5.74) is 5.48. The molecule has 0 spiro atoms. The van der Waals surface area contributed by atoms with Crippen molar-refractivity contribution in [3.05, 3.63) is 0 Å². The monoisotopic (exact) mass is 783 g/mol. The Kier molecular flexibility index (Phi) is 46.0. The zero-order valence-corrected chi connectivity index (χ0v) is 36.6. The lowest BCUT2D eigenvalue weighted by Crippen LogP contribution is -2.39. The molecule has 0 aliphatic rings. The minimum absolute atomic E-state index is 0.114. The molecule has 55 heavy (non-hydrogen) atoms. The number of ether oxygens (including phenoxy) is 2. The zero-order valence-electron chi connectivity index (χ0n) is 36.6. The first-order chi connectivity index (χ1) is 27.1. The van der Waals surface area contributed by atoms with Crippen molar-refractivity contribution in [3.8, 4) is 0 Å². The maximum atomic E-state index is 12.7. The highest BCUT2D eigenvalue weighted by molar-refractivity contribution is 5.70. The zero-order chi connectivity index (χ0) is 40.0. The third kappa shape index (κ3) is 45.3. The molecule has 0 heterocycles. The van der Waals surface area contributed by atoms with E-state index in [9.17, 15) is 9.59 Å². The Morgan fingerprint density at radius 2 is 0.727 bits per heavy atom. The van der Waals surface area contributed by atoms with Crippen LogP contribution in [0.1, 0.15) is 194 Å². The summed E-state index contributed by atoms with van der Waals surface area (Å²) in [6.45, 7) is 13.8. The molecule has 0 amide bonds. The summed E-state index contributed by atoms with van der Waals surface area (Å²) in [4.78, 5) is 25.3. The summed E-state index contributed by atoms with van der Waals surface area (Å²) in [6.07, 6.45) is 33.6. The Bertz CT molecular complexity index is 778. The third-order valence-corrected chi connectivity index (χ3v) is 10.3. The van der Waals surface area contributed by atoms with Gasteiger partial charge in [0.25, 0.3) is 0 Å². The summed E-state index contributed by atoms with van der Waals surface area (Å²) in [7, 11) is 0. The summed E-state index contributed by atoms with van der Waals surface area (Å²) >= 11 is 0. The van der Waals surface area contributed by atoms with Crippen LogP contribution in [0.2, 0.25) is 0 Å². The molecule has 10 heteroatoms. The van der Waals surface area contributed by atoms with Gasteiger partial charge in [-0.05, 0) is 12.8 Å². The Balaban J connectivity index is 4.19. The molecule has 0 radical (unpaired) electrons. The first-order valence-corrected chi connectivity index (χ1v) is 23.7. The van der Waals surface area contributed by atoms with Crippen LogP contribution in [-0.4, -0.2) is 96.6 Å². The minimum atomic E-state index is -0.468. The lowest BCUT2D eigenvalue weighted by Gasteiger charge is -2.19. The highest BCUT2D eigenvalue weighted by atomic mass is 16.6. The van der Waals surface area contributed by atoms with Crippen molar-refractivity contribution >= 4 is 11.9 Å². The number of hydrogen-bond acceptors (Lipinski definition) is 10. The molecule has 0 fully saturated rings. The van der Waals surface area contributed by atoms with Crippen molar-refractivity contribution in [2.45, 2.75) is 200 Å². The van der Waals surface area contributed by atoms with Gasteiger partial charge in [0.05, 0.1) is 0 Å². The quantitative estimate of drug-likeness (QED) is 0.0264. The highest BCUT2D eigenvalue weighted by Crippen LogP contribution is 2.15. The Hall–Kier alpha value is -1.30. The smallest absolute Gasteiger partial charge is 0.306 e. The van der Waals surface area contributed by atoms with Crippen LogP contribution in [-0.2, 0) is 19.1 Å². The standard InChI is InChI=1S/C45H94N6O4/c1-3-5-7-9-11-13-15-17-19-21-23-25-27-29-44(52)54-42-43(41-51-40-39-50-38-37-49-36-35-48-34-33-47-32-31-46)55-45(53)30-28-26-24-22-20-18-16-14-12-10-8-6-4-2/h43,47-51H,3-42,46H2,1-2H3. The summed E-state index contributed by atoms with van der Waals surface area (Å²) in [6, 6.07) is 0. The maximum absolute atomic E-state index is 12.7. The lowest BCUT2D eigenvalue weighted by molar-refractivity contribution is -0.159. The molecule has 0 aliphatic carbocycles. The summed E-state index contributed by atoms with van der Waals surface area (Å²) < 4.78 is 11.4. The van der Waals surface area contributed by atoms with Crippen molar-refractivity contribution in [2.75, 3.05) is 78.6 Å². The lowest BCUT2D eigenvalue weighted by atomic mass is 10.0. The fraction of sp³-hybridized carbons (Fsp3) is 0.956. The molecule has 0 saturated heterocycles. The fourth-order valence-corrected chi connectivity index (χ4v) is 6.78. The molecular formula is C45H94N6O4. The number of rotatable bonds is 47. The molecular weight excluding hydrogens is 689 g/mol. The predicted molar refractivity (Wildman–Crippen MR) is 235 cm³/mol. The average Bonchev–Trinajstić information content (AvgIpc) is 3.18. The number of nitrogens with one attached hydrogen (secondary N) is 5. The van der Waals surface area contributed by atoms with Crippen LogP contribution in [0.15, 0.2) is 0 Å². The normalized spacial score (nSPS) is 12.0. The van der Waals surface area contributed by atoms with Gasteiger partial charge in [-0.1, -0.05) is 168 Å². The van der Waals surface area contributed by atoms with Crippen LogP contribution in [0.4, 0.5) is 0 Å². The van der Waals surface area contributed by atoms with Crippen molar-refractivity contribution in [2.24, 2.45) is 5.73 Å². The number of unbranched alkanes of at least 4 members (excludes halogenated alkanes) is 24. The second-order valence-electron chi connectivity index (χ2n) is 15.8. The predicted octanol–water partition coefficient (Wildman–Crippen LogP) is 8.31. The van der Waals surface area contributed by atoms with Crippen LogP contribution in [0, 0.1) is 0 Å². The molecule has 1 unspecified atom stereocenters. The van der Waals surface area contributed by atoms with Crippen molar-refractivity contribution < 1.29 is 19.1 Å². The molecule has 0 bridgehead atoms. The van der Waals surface area contributed by atoms with Gasteiger partial charge < -0.3 is 41.8 Å². The summed E-state index contributed by atoms with van der Waals surface area (Å²) in [5.74, 6) is -0.374. The topological polar surface area (TPSA) is 139 Å². The van der Waals surface area contributed by atoms with Gasteiger partial charge >= 0.3 is 11.9 Å². The molecule has 1 atom stereocenters. The Morgan fingerprint density at radius 1 is 0.418 bits per heavy atom. The van der Waals surface area contributed by atoms with Gasteiger partial charge in [-0.3, -0.25) is 9.59 Å². The third-order valence-electron chi connectivity index (χ3n) is 10.3. The first-order valence-electron chi connectivity index (χ1n) is 23.7. The number of nitrogens with two attached hydrogens (primary N) is 1. The first kappa shape index (κ1) is 53.7. The van der Waals surface area contributed by atoms with E-state index in [1.165, 1.54) is 141 Å². The van der Waals surface area contributed by atoms with Crippen molar-refractivity contribution in [1.29, 1.82) is 0 Å². The van der Waals surface area contributed by atoms with Crippen LogP contribution in [0.25, 0.3) is 0 Å². The van der Waals surface area contributed by atoms with E-state index < -0.39 is 6.10 Å². The van der Waals surface area contributed by atoms with E-state index in [1.807, 2.05) is 0 Å². The molecule has 0 aromatic rings. The van der Waals surface area contributed by atoms with E-state index in [2.05, 4.69) is 40.4 Å². The van der Waals surface area contributed by atoms with Gasteiger partial charge in [0, 0.05) is 84.8 Å². The molecule has 0 saturated carbocycles. The van der Waals surface area contributed by atoms with Gasteiger partial charge in [-0.25, -0.2) is 0 Å². The van der Waals surface area contributed by atoms with Gasteiger partial charge in [0.2, 0.25) is 0 Å². The fourth-order valence-electron chi connectivity index (χ4n) is 6.78. The Morgan fingerprint density at radius 3 is 1.09 bits per heavy atom. The second kappa shape index (κ2) is 47.1. The average molecular weight is 783 g/mol. The molecule has 0 aliphatic heterocycles. The SMILES string of the molecule is CCCCCCCCCCCCCCCC(=O)OCC(CNCCNCCNCCNCCNCCN)OC(=O)CCCCCCCCCCCCCCC. The number of esters is 2. The molecule has 7 N–H and O–H groups in total. The van der Waals surface area contributed by atoms with Crippen LogP contribution in [0.3, 0.4) is 0 Å². The highest BCUT2D eigenvalue weighted by Gasteiger charge is 2.17. The summed E-state index contributed by atoms with van der Waals surface area (Å²) in [5, 5.41) is 16.9. The van der Waals surface area contributed by atoms with E-state index in [0.717, 1.165) is 84.6 Å². The van der Waals surface area contributed by atoms with E-state index in [-0.39, 0.29) is 18.5 Å². The molecule has 10 nitrogen and oxygen atoms in total. The van der Waals surface area contributed by atoms with Gasteiger partial charge in [0.1, 0.15) is 12.7 Å². The molecule has 0 aromatic heterocycles. The van der Waals surface area contributed by atoms with E-state index in [0.29, 0.717) is 25.9 Å². The second-order valence-corrected chi connectivity index (χ2v) is 15.8. The van der Waals surface area contributed by atoms with Crippen LogP contribution < -0.4 is 32.3 Å². The number of carbonyl (C=O) groups is 2. The number of carbonyl (C=O) groups excluding carboxylic acids is 2. The van der Waals surface area contributed by atoms with Gasteiger partial charge in [-0.15, -0.1) is 0 Å². The van der Waals surface area contributed by atoms with Crippen molar-refractivity contribution in [1.82, 2.24) is 26.6 Å². The molecule has 328 valence electrons. The van der Waals surface area contributed by atoms with Crippen LogP contribution in [0.5, 0.6) is 0 Å².